The maximum atomic E-state index is 12.3. The van der Waals surface area contributed by atoms with Crippen molar-refractivity contribution < 1.29 is 4.79 Å². The minimum Gasteiger partial charge on any atom is -0.372 e. The lowest BCUT2D eigenvalue weighted by molar-refractivity contribution is 0.151. The molecular weight excluding hydrogens is 276 g/mol. The number of rotatable bonds is 5. The molecule has 1 N–H and O–H groups in total. The van der Waals surface area contributed by atoms with Crippen LogP contribution in [0.15, 0.2) is 24.3 Å². The van der Waals surface area contributed by atoms with Crippen molar-refractivity contribution in [3.8, 4) is 0 Å². The van der Waals surface area contributed by atoms with Gasteiger partial charge in [-0.05, 0) is 44.7 Å². The highest BCUT2D eigenvalue weighted by Crippen LogP contribution is 2.18. The summed E-state index contributed by atoms with van der Waals surface area (Å²) in [7, 11) is 0. The molecule has 5 nitrogen and oxygen atoms in total. The second kappa shape index (κ2) is 8.03. The van der Waals surface area contributed by atoms with Crippen LogP contribution in [0.2, 0.25) is 0 Å². The highest BCUT2D eigenvalue weighted by atomic mass is 16.2. The number of likely N-dealkylation sites (N-methyl/N-ethyl adjacent to an activating group) is 1. The molecule has 1 aromatic rings. The van der Waals surface area contributed by atoms with E-state index in [0.717, 1.165) is 51.5 Å². The third-order valence-corrected chi connectivity index (χ3v) is 4.35. The van der Waals surface area contributed by atoms with Gasteiger partial charge in [0.25, 0.3) is 0 Å². The summed E-state index contributed by atoms with van der Waals surface area (Å²) in [6.45, 7) is 13.0. The van der Waals surface area contributed by atoms with Gasteiger partial charge in [-0.3, -0.25) is 0 Å². The summed E-state index contributed by atoms with van der Waals surface area (Å²) >= 11 is 0. The summed E-state index contributed by atoms with van der Waals surface area (Å²) in [6, 6.07) is 8.10. The predicted molar refractivity (Wildman–Crippen MR) is 92.7 cm³/mol. The molecule has 0 atom stereocenters. The van der Waals surface area contributed by atoms with Crippen LogP contribution in [-0.4, -0.2) is 61.6 Å². The van der Waals surface area contributed by atoms with Crippen LogP contribution in [0.4, 0.5) is 16.2 Å². The summed E-state index contributed by atoms with van der Waals surface area (Å²) in [5, 5.41) is 3.00. The Kier molecular flexibility index (Phi) is 6.07. The van der Waals surface area contributed by atoms with E-state index in [0.29, 0.717) is 0 Å². The molecule has 1 fully saturated rings. The Balaban J connectivity index is 1.89. The predicted octanol–water partition coefficient (Wildman–Crippen LogP) is 2.70. The number of nitrogens with zero attached hydrogens (tertiary/aromatic N) is 3. The van der Waals surface area contributed by atoms with Crippen molar-refractivity contribution in [3.05, 3.63) is 24.3 Å². The van der Waals surface area contributed by atoms with E-state index in [4.69, 9.17) is 0 Å². The summed E-state index contributed by atoms with van der Waals surface area (Å²) in [4.78, 5) is 18.8. The van der Waals surface area contributed by atoms with Gasteiger partial charge in [0.05, 0.1) is 0 Å². The first-order chi connectivity index (χ1) is 10.7. The highest BCUT2D eigenvalue weighted by molar-refractivity contribution is 5.89. The van der Waals surface area contributed by atoms with E-state index in [2.05, 4.69) is 48.0 Å². The standard InChI is InChI=1S/C17H28N4O/c1-4-19-11-13-21(14-12-19)17(22)18-15-7-9-16(10-8-15)20(5-2)6-3/h7-10H,4-6,11-14H2,1-3H3,(H,18,22). The monoisotopic (exact) mass is 304 g/mol. The van der Waals surface area contributed by atoms with Gasteiger partial charge in [0.1, 0.15) is 0 Å². The number of urea groups is 1. The average molecular weight is 304 g/mol. The number of anilines is 2. The molecule has 0 spiro atoms. The fourth-order valence-corrected chi connectivity index (χ4v) is 2.81. The Hall–Kier alpha value is -1.75. The minimum atomic E-state index is 0.00587. The molecule has 1 aromatic carbocycles. The van der Waals surface area contributed by atoms with Gasteiger partial charge in [-0.15, -0.1) is 0 Å². The summed E-state index contributed by atoms with van der Waals surface area (Å²) in [5.41, 5.74) is 2.05. The maximum absolute atomic E-state index is 12.3. The van der Waals surface area contributed by atoms with E-state index in [9.17, 15) is 4.79 Å². The van der Waals surface area contributed by atoms with E-state index in [1.54, 1.807) is 0 Å². The number of amides is 2. The molecule has 2 rings (SSSR count). The van der Waals surface area contributed by atoms with Crippen molar-refractivity contribution in [3.63, 3.8) is 0 Å². The number of carbonyl (C=O) groups is 1. The van der Waals surface area contributed by atoms with Crippen LogP contribution < -0.4 is 10.2 Å². The number of piperazine rings is 1. The van der Waals surface area contributed by atoms with Crippen molar-refractivity contribution in [1.29, 1.82) is 0 Å². The summed E-state index contributed by atoms with van der Waals surface area (Å²) < 4.78 is 0. The Morgan fingerprint density at radius 3 is 2.14 bits per heavy atom. The lowest BCUT2D eigenvalue weighted by Gasteiger charge is -2.34. The number of hydrogen-bond donors (Lipinski definition) is 1. The Morgan fingerprint density at radius 1 is 1.05 bits per heavy atom. The SMILES string of the molecule is CCN1CCN(C(=O)Nc2ccc(N(CC)CC)cc2)CC1. The van der Waals surface area contributed by atoms with Gasteiger partial charge in [-0.1, -0.05) is 6.92 Å². The zero-order chi connectivity index (χ0) is 15.9. The second-order valence-electron chi connectivity index (χ2n) is 5.57. The Morgan fingerprint density at radius 2 is 1.64 bits per heavy atom. The van der Waals surface area contributed by atoms with Crippen molar-refractivity contribution in [2.75, 3.05) is 56.0 Å². The zero-order valence-corrected chi connectivity index (χ0v) is 14.0. The third kappa shape index (κ3) is 4.13. The molecule has 5 heteroatoms. The minimum absolute atomic E-state index is 0.00587. The van der Waals surface area contributed by atoms with E-state index >= 15 is 0 Å². The van der Waals surface area contributed by atoms with Gasteiger partial charge in [0.15, 0.2) is 0 Å². The normalized spacial score (nSPS) is 15.7. The molecule has 1 aliphatic heterocycles. The average Bonchev–Trinajstić information content (AvgIpc) is 2.57. The van der Waals surface area contributed by atoms with Gasteiger partial charge in [0.2, 0.25) is 0 Å². The number of nitrogens with one attached hydrogen (secondary N) is 1. The van der Waals surface area contributed by atoms with Crippen LogP contribution in [0.1, 0.15) is 20.8 Å². The molecule has 0 aliphatic carbocycles. The lowest BCUT2D eigenvalue weighted by atomic mass is 10.2. The molecule has 2 amide bonds. The van der Waals surface area contributed by atoms with Crippen molar-refractivity contribution in [2.24, 2.45) is 0 Å². The second-order valence-corrected chi connectivity index (χ2v) is 5.57. The van der Waals surface area contributed by atoms with Gasteiger partial charge in [0, 0.05) is 50.6 Å². The first kappa shape index (κ1) is 16.6. The molecule has 0 bridgehead atoms. The van der Waals surface area contributed by atoms with E-state index < -0.39 is 0 Å². The topological polar surface area (TPSA) is 38.8 Å². The first-order valence-corrected chi connectivity index (χ1v) is 8.31. The van der Waals surface area contributed by atoms with Crippen LogP contribution in [0.3, 0.4) is 0 Å². The highest BCUT2D eigenvalue weighted by Gasteiger charge is 2.20. The lowest BCUT2D eigenvalue weighted by Crippen LogP contribution is -2.49. The van der Waals surface area contributed by atoms with Crippen molar-refractivity contribution >= 4 is 17.4 Å². The molecule has 1 heterocycles. The van der Waals surface area contributed by atoms with Crippen molar-refractivity contribution in [1.82, 2.24) is 9.80 Å². The molecule has 22 heavy (non-hydrogen) atoms. The molecule has 122 valence electrons. The molecule has 1 saturated heterocycles. The van der Waals surface area contributed by atoms with Gasteiger partial charge >= 0.3 is 6.03 Å². The molecule has 0 radical (unpaired) electrons. The van der Waals surface area contributed by atoms with E-state index in [1.165, 1.54) is 5.69 Å². The van der Waals surface area contributed by atoms with Crippen LogP contribution in [-0.2, 0) is 0 Å². The van der Waals surface area contributed by atoms with Crippen molar-refractivity contribution in [2.45, 2.75) is 20.8 Å². The Labute approximate surface area is 133 Å². The fraction of sp³-hybridized carbons (Fsp3) is 0.588. The van der Waals surface area contributed by atoms with E-state index in [1.807, 2.05) is 17.0 Å². The fourth-order valence-electron chi connectivity index (χ4n) is 2.81. The summed E-state index contributed by atoms with van der Waals surface area (Å²) in [6.07, 6.45) is 0. The quantitative estimate of drug-likeness (QED) is 0.909. The van der Waals surface area contributed by atoms with Gasteiger partial charge in [-0.2, -0.15) is 0 Å². The Bertz CT molecular complexity index is 462. The van der Waals surface area contributed by atoms with Crippen LogP contribution in [0.5, 0.6) is 0 Å². The van der Waals surface area contributed by atoms with Crippen LogP contribution >= 0.6 is 0 Å². The smallest absolute Gasteiger partial charge is 0.321 e. The summed E-state index contributed by atoms with van der Waals surface area (Å²) in [5.74, 6) is 0. The van der Waals surface area contributed by atoms with Crippen LogP contribution in [0, 0.1) is 0 Å². The largest absolute Gasteiger partial charge is 0.372 e. The molecule has 0 aromatic heterocycles. The molecular formula is C17H28N4O. The maximum Gasteiger partial charge on any atom is 0.321 e. The zero-order valence-electron chi connectivity index (χ0n) is 14.0. The molecule has 1 aliphatic rings. The van der Waals surface area contributed by atoms with Gasteiger partial charge < -0.3 is 20.0 Å². The molecule has 0 unspecified atom stereocenters. The number of hydrogen-bond acceptors (Lipinski definition) is 3. The van der Waals surface area contributed by atoms with Crippen LogP contribution in [0.25, 0.3) is 0 Å². The third-order valence-electron chi connectivity index (χ3n) is 4.35. The van der Waals surface area contributed by atoms with E-state index in [-0.39, 0.29) is 6.03 Å². The molecule has 0 saturated carbocycles. The number of carbonyl (C=O) groups excluding carboxylic acids is 1. The first-order valence-electron chi connectivity index (χ1n) is 8.31. The number of benzene rings is 1. The van der Waals surface area contributed by atoms with Gasteiger partial charge in [-0.25, -0.2) is 4.79 Å².